The zero-order chi connectivity index (χ0) is 14.5. The van der Waals surface area contributed by atoms with Crippen LogP contribution in [-0.4, -0.2) is 16.1 Å². The van der Waals surface area contributed by atoms with Crippen LogP contribution in [0.15, 0.2) is 42.9 Å². The van der Waals surface area contributed by atoms with E-state index in [2.05, 4.69) is 60.7 Å². The van der Waals surface area contributed by atoms with Crippen molar-refractivity contribution in [2.24, 2.45) is 11.7 Å². The first-order valence-electron chi connectivity index (χ1n) is 7.45. The standard InChI is InChI=1S/C17H25N3/c1-4-16(14-8-6-5-7-9-14)20-12-19-11-17(20)15(10-18)13(2)3/h5-9,11-13,15-16H,4,10,18H2,1-3H3. The van der Waals surface area contributed by atoms with Gasteiger partial charge in [0.05, 0.1) is 12.4 Å². The highest BCUT2D eigenvalue weighted by molar-refractivity contribution is 5.22. The molecule has 0 spiro atoms. The Morgan fingerprint density at radius 2 is 1.90 bits per heavy atom. The maximum atomic E-state index is 5.97. The van der Waals surface area contributed by atoms with Crippen LogP contribution < -0.4 is 5.73 Å². The highest BCUT2D eigenvalue weighted by Crippen LogP contribution is 2.29. The van der Waals surface area contributed by atoms with Crippen LogP contribution in [0, 0.1) is 5.92 Å². The van der Waals surface area contributed by atoms with Crippen LogP contribution >= 0.6 is 0 Å². The van der Waals surface area contributed by atoms with E-state index in [1.165, 1.54) is 11.3 Å². The first-order chi connectivity index (χ1) is 9.69. The number of benzene rings is 1. The van der Waals surface area contributed by atoms with Gasteiger partial charge < -0.3 is 10.3 Å². The molecule has 1 aromatic heterocycles. The summed E-state index contributed by atoms with van der Waals surface area (Å²) in [7, 11) is 0. The van der Waals surface area contributed by atoms with Crippen LogP contribution in [0.25, 0.3) is 0 Å². The third-order valence-corrected chi connectivity index (χ3v) is 4.04. The molecule has 0 amide bonds. The molecule has 0 bridgehead atoms. The molecule has 0 aliphatic rings. The molecule has 3 heteroatoms. The van der Waals surface area contributed by atoms with E-state index >= 15 is 0 Å². The molecule has 0 fully saturated rings. The summed E-state index contributed by atoms with van der Waals surface area (Å²) in [6.45, 7) is 7.32. The van der Waals surface area contributed by atoms with Crippen LogP contribution in [0.5, 0.6) is 0 Å². The zero-order valence-electron chi connectivity index (χ0n) is 12.7. The summed E-state index contributed by atoms with van der Waals surface area (Å²) in [5, 5.41) is 0. The summed E-state index contributed by atoms with van der Waals surface area (Å²) >= 11 is 0. The van der Waals surface area contributed by atoms with E-state index in [0.29, 0.717) is 24.4 Å². The Bertz CT molecular complexity index is 516. The summed E-state index contributed by atoms with van der Waals surface area (Å²) in [6, 6.07) is 11.0. The van der Waals surface area contributed by atoms with Gasteiger partial charge in [0.1, 0.15) is 0 Å². The molecule has 3 nitrogen and oxygen atoms in total. The number of aromatic nitrogens is 2. The Morgan fingerprint density at radius 1 is 1.20 bits per heavy atom. The lowest BCUT2D eigenvalue weighted by Crippen LogP contribution is -2.23. The number of nitrogens with zero attached hydrogens (tertiary/aromatic N) is 2. The number of rotatable bonds is 6. The average Bonchev–Trinajstić information content (AvgIpc) is 2.90. The molecule has 1 aromatic carbocycles. The minimum absolute atomic E-state index is 0.335. The van der Waals surface area contributed by atoms with Gasteiger partial charge in [-0.15, -0.1) is 0 Å². The summed E-state index contributed by atoms with van der Waals surface area (Å²) in [6.07, 6.45) is 4.97. The number of hydrogen-bond acceptors (Lipinski definition) is 2. The second-order valence-electron chi connectivity index (χ2n) is 5.65. The van der Waals surface area contributed by atoms with Crippen molar-refractivity contribution in [3.8, 4) is 0 Å². The van der Waals surface area contributed by atoms with Crippen molar-refractivity contribution >= 4 is 0 Å². The minimum Gasteiger partial charge on any atom is -0.330 e. The Morgan fingerprint density at radius 3 is 2.45 bits per heavy atom. The molecule has 0 aliphatic heterocycles. The Hall–Kier alpha value is -1.61. The van der Waals surface area contributed by atoms with Gasteiger partial charge in [-0.05, 0) is 17.9 Å². The minimum atomic E-state index is 0.335. The van der Waals surface area contributed by atoms with E-state index < -0.39 is 0 Å². The van der Waals surface area contributed by atoms with Gasteiger partial charge >= 0.3 is 0 Å². The van der Waals surface area contributed by atoms with Crippen LogP contribution in [-0.2, 0) is 0 Å². The molecule has 2 unspecified atom stereocenters. The van der Waals surface area contributed by atoms with Gasteiger partial charge in [-0.25, -0.2) is 4.98 Å². The van der Waals surface area contributed by atoms with Gasteiger partial charge in [0.2, 0.25) is 0 Å². The fraction of sp³-hybridized carbons (Fsp3) is 0.471. The number of hydrogen-bond donors (Lipinski definition) is 1. The van der Waals surface area contributed by atoms with E-state index in [1.54, 1.807) is 0 Å². The van der Waals surface area contributed by atoms with E-state index in [1.807, 2.05) is 12.5 Å². The zero-order valence-corrected chi connectivity index (χ0v) is 12.7. The molecular formula is C17H25N3. The molecular weight excluding hydrogens is 246 g/mol. The number of imidazole rings is 1. The lowest BCUT2D eigenvalue weighted by Gasteiger charge is -2.25. The monoisotopic (exact) mass is 271 g/mol. The van der Waals surface area contributed by atoms with Crippen molar-refractivity contribution in [1.29, 1.82) is 0 Å². The highest BCUT2D eigenvalue weighted by atomic mass is 15.1. The number of nitrogens with two attached hydrogens (primary N) is 1. The quantitative estimate of drug-likeness (QED) is 0.872. The molecule has 2 atom stereocenters. The second-order valence-corrected chi connectivity index (χ2v) is 5.65. The SMILES string of the molecule is CCC(c1ccccc1)n1cncc1C(CN)C(C)C. The molecule has 0 saturated carbocycles. The van der Waals surface area contributed by atoms with E-state index in [4.69, 9.17) is 5.73 Å². The second kappa shape index (κ2) is 6.71. The van der Waals surface area contributed by atoms with Crippen LogP contribution in [0.3, 0.4) is 0 Å². The molecule has 1 heterocycles. The summed E-state index contributed by atoms with van der Waals surface area (Å²) in [5.74, 6) is 0.874. The van der Waals surface area contributed by atoms with Crippen molar-refractivity contribution < 1.29 is 0 Å². The molecule has 0 aliphatic carbocycles. The maximum Gasteiger partial charge on any atom is 0.0954 e. The first kappa shape index (κ1) is 14.8. The van der Waals surface area contributed by atoms with Gasteiger partial charge in [0.25, 0.3) is 0 Å². The fourth-order valence-electron chi connectivity index (χ4n) is 2.87. The van der Waals surface area contributed by atoms with Crippen LogP contribution in [0.4, 0.5) is 0 Å². The summed E-state index contributed by atoms with van der Waals surface area (Å²) < 4.78 is 2.30. The summed E-state index contributed by atoms with van der Waals surface area (Å²) in [4.78, 5) is 4.38. The largest absolute Gasteiger partial charge is 0.330 e. The molecule has 0 radical (unpaired) electrons. The van der Waals surface area contributed by atoms with Crippen molar-refractivity contribution in [2.45, 2.75) is 39.2 Å². The normalized spacial score (nSPS) is 14.4. The van der Waals surface area contributed by atoms with Gasteiger partial charge in [-0.1, -0.05) is 51.1 Å². The molecule has 0 saturated heterocycles. The van der Waals surface area contributed by atoms with Crippen molar-refractivity contribution in [3.63, 3.8) is 0 Å². The Balaban J connectivity index is 2.39. The van der Waals surface area contributed by atoms with Gasteiger partial charge in [0.15, 0.2) is 0 Å². The smallest absolute Gasteiger partial charge is 0.0954 e. The van der Waals surface area contributed by atoms with Gasteiger partial charge in [0, 0.05) is 24.4 Å². The summed E-state index contributed by atoms with van der Waals surface area (Å²) in [5.41, 5.74) is 8.55. The van der Waals surface area contributed by atoms with Crippen molar-refractivity contribution in [3.05, 3.63) is 54.1 Å². The van der Waals surface area contributed by atoms with E-state index in [-0.39, 0.29) is 0 Å². The first-order valence-corrected chi connectivity index (χ1v) is 7.45. The lowest BCUT2D eigenvalue weighted by molar-refractivity contribution is 0.450. The molecule has 2 rings (SSSR count). The Kier molecular flexibility index (Phi) is 4.96. The highest BCUT2D eigenvalue weighted by Gasteiger charge is 2.22. The Labute approximate surface area is 121 Å². The van der Waals surface area contributed by atoms with Gasteiger partial charge in [-0.3, -0.25) is 0 Å². The van der Waals surface area contributed by atoms with E-state index in [0.717, 1.165) is 6.42 Å². The van der Waals surface area contributed by atoms with Crippen LogP contribution in [0.2, 0.25) is 0 Å². The predicted octanol–water partition coefficient (Wildman–Crippen LogP) is 3.58. The molecule has 2 aromatic rings. The fourth-order valence-corrected chi connectivity index (χ4v) is 2.87. The molecule has 2 N–H and O–H groups in total. The molecule has 20 heavy (non-hydrogen) atoms. The van der Waals surface area contributed by atoms with Crippen molar-refractivity contribution in [1.82, 2.24) is 9.55 Å². The van der Waals surface area contributed by atoms with E-state index in [9.17, 15) is 0 Å². The van der Waals surface area contributed by atoms with Gasteiger partial charge in [-0.2, -0.15) is 0 Å². The topological polar surface area (TPSA) is 43.8 Å². The van der Waals surface area contributed by atoms with Crippen molar-refractivity contribution in [2.75, 3.05) is 6.54 Å². The lowest BCUT2D eigenvalue weighted by atomic mass is 9.92. The molecule has 108 valence electrons. The van der Waals surface area contributed by atoms with Crippen LogP contribution in [0.1, 0.15) is 50.4 Å². The third-order valence-electron chi connectivity index (χ3n) is 4.04. The average molecular weight is 271 g/mol. The maximum absolute atomic E-state index is 5.97. The predicted molar refractivity (Wildman–Crippen MR) is 83.7 cm³/mol. The third kappa shape index (κ3) is 2.93.